The average molecular weight is 246 g/mol. The summed E-state index contributed by atoms with van der Waals surface area (Å²) in [5, 5.41) is 3.87. The molecule has 0 aliphatic carbocycles. The van der Waals surface area contributed by atoms with Gasteiger partial charge in [0.1, 0.15) is 0 Å². The number of piperazine rings is 1. The zero-order valence-electron chi connectivity index (χ0n) is 11.0. The van der Waals surface area contributed by atoms with Crippen molar-refractivity contribution in [3.05, 3.63) is 0 Å². The molecule has 1 aliphatic heterocycles. The van der Waals surface area contributed by atoms with Gasteiger partial charge in [0.25, 0.3) is 0 Å². The molecule has 0 bridgehead atoms. The van der Waals surface area contributed by atoms with Gasteiger partial charge < -0.3 is 5.32 Å². The van der Waals surface area contributed by atoms with E-state index in [-0.39, 0.29) is 5.25 Å². The van der Waals surface area contributed by atoms with E-state index in [1.165, 1.54) is 6.42 Å². The Hall–Kier alpha value is 0.0700. The number of nitrogens with zero attached hydrogens (tertiary/aromatic N) is 1. The lowest BCUT2D eigenvalue weighted by atomic mass is 9.97. The second-order valence-electron chi connectivity index (χ2n) is 5.01. The molecule has 16 heavy (non-hydrogen) atoms. The van der Waals surface area contributed by atoms with Gasteiger partial charge in [-0.15, -0.1) is 0 Å². The molecule has 3 nitrogen and oxygen atoms in total. The lowest BCUT2D eigenvalue weighted by molar-refractivity contribution is 0.170. The van der Waals surface area contributed by atoms with Crippen LogP contribution in [0.1, 0.15) is 27.2 Å². The molecule has 0 aromatic heterocycles. The molecule has 1 rings (SSSR count). The third-order valence-corrected chi connectivity index (χ3v) is 4.98. The van der Waals surface area contributed by atoms with E-state index in [2.05, 4.69) is 31.0 Å². The van der Waals surface area contributed by atoms with Crippen molar-refractivity contribution in [3.63, 3.8) is 0 Å². The van der Waals surface area contributed by atoms with Crippen molar-refractivity contribution in [1.29, 1.82) is 0 Å². The van der Waals surface area contributed by atoms with E-state index in [9.17, 15) is 4.21 Å². The van der Waals surface area contributed by atoms with E-state index in [0.29, 0.717) is 6.04 Å². The summed E-state index contributed by atoms with van der Waals surface area (Å²) in [4.78, 5) is 2.46. The number of hydrogen-bond donors (Lipinski definition) is 1. The molecule has 1 aliphatic rings. The number of nitrogens with one attached hydrogen (secondary N) is 1. The second kappa shape index (κ2) is 6.72. The number of rotatable bonds is 5. The summed E-state index contributed by atoms with van der Waals surface area (Å²) in [5.74, 6) is 0.727. The third kappa shape index (κ3) is 4.15. The molecular formula is C12H26N2OS. The molecule has 4 unspecified atom stereocenters. The predicted molar refractivity (Wildman–Crippen MR) is 71.2 cm³/mol. The van der Waals surface area contributed by atoms with Crippen molar-refractivity contribution < 1.29 is 4.21 Å². The largest absolute Gasteiger partial charge is 0.311 e. The van der Waals surface area contributed by atoms with Gasteiger partial charge in [0, 0.05) is 54.5 Å². The standard InChI is InChI=1S/C12H26N2OS/c1-5-10(2)12-9-14(7-6-13-12)8-11(3)16(4)15/h10-13H,5-9H2,1-4H3. The van der Waals surface area contributed by atoms with E-state index in [1.807, 2.05) is 0 Å². The topological polar surface area (TPSA) is 32.3 Å². The first kappa shape index (κ1) is 14.1. The van der Waals surface area contributed by atoms with Crippen LogP contribution in [-0.2, 0) is 10.8 Å². The van der Waals surface area contributed by atoms with Crippen LogP contribution in [0.25, 0.3) is 0 Å². The summed E-state index contributed by atoms with van der Waals surface area (Å²) in [6.07, 6.45) is 3.03. The Bertz CT molecular complexity index is 235. The van der Waals surface area contributed by atoms with Crippen LogP contribution in [0.15, 0.2) is 0 Å². The van der Waals surface area contributed by atoms with E-state index in [1.54, 1.807) is 6.26 Å². The van der Waals surface area contributed by atoms with E-state index >= 15 is 0 Å². The molecule has 1 heterocycles. The lowest BCUT2D eigenvalue weighted by Crippen LogP contribution is -2.54. The SMILES string of the molecule is CCC(C)C1CN(CC(C)S(C)=O)CCN1. The Kier molecular flexibility index (Phi) is 5.94. The zero-order valence-corrected chi connectivity index (χ0v) is 11.8. The smallest absolute Gasteiger partial charge is 0.0444 e. The van der Waals surface area contributed by atoms with Crippen molar-refractivity contribution in [2.45, 2.75) is 38.5 Å². The Morgan fingerprint density at radius 1 is 1.50 bits per heavy atom. The molecule has 0 spiro atoms. The zero-order chi connectivity index (χ0) is 12.1. The molecule has 0 radical (unpaired) electrons. The van der Waals surface area contributed by atoms with Crippen molar-refractivity contribution in [1.82, 2.24) is 10.2 Å². The molecule has 0 aromatic rings. The summed E-state index contributed by atoms with van der Waals surface area (Å²) in [7, 11) is -0.698. The number of hydrogen-bond acceptors (Lipinski definition) is 3. The van der Waals surface area contributed by atoms with Crippen LogP contribution in [-0.4, -0.2) is 52.8 Å². The minimum Gasteiger partial charge on any atom is -0.311 e. The second-order valence-corrected chi connectivity index (χ2v) is 6.82. The molecule has 0 amide bonds. The fraction of sp³-hybridized carbons (Fsp3) is 1.00. The highest BCUT2D eigenvalue weighted by molar-refractivity contribution is 7.84. The normalized spacial score (nSPS) is 28.6. The van der Waals surface area contributed by atoms with Gasteiger partial charge >= 0.3 is 0 Å². The summed E-state index contributed by atoms with van der Waals surface area (Å²) in [6, 6.07) is 0.608. The first-order chi connectivity index (χ1) is 7.54. The fourth-order valence-corrected chi connectivity index (χ4v) is 2.56. The van der Waals surface area contributed by atoms with Crippen LogP contribution in [0.3, 0.4) is 0 Å². The van der Waals surface area contributed by atoms with Crippen LogP contribution < -0.4 is 5.32 Å². The minimum atomic E-state index is -0.698. The highest BCUT2D eigenvalue weighted by Gasteiger charge is 2.24. The first-order valence-corrected chi connectivity index (χ1v) is 7.94. The summed E-state index contributed by atoms with van der Waals surface area (Å²) >= 11 is 0. The van der Waals surface area contributed by atoms with E-state index in [4.69, 9.17) is 0 Å². The molecule has 0 aromatic carbocycles. The van der Waals surface area contributed by atoms with Crippen LogP contribution in [0.5, 0.6) is 0 Å². The maximum absolute atomic E-state index is 11.4. The lowest BCUT2D eigenvalue weighted by Gasteiger charge is -2.37. The first-order valence-electron chi connectivity index (χ1n) is 6.32. The predicted octanol–water partition coefficient (Wildman–Crippen LogP) is 1.07. The fourth-order valence-electron chi connectivity index (χ4n) is 2.14. The Balaban J connectivity index is 2.41. The molecule has 1 N–H and O–H groups in total. The Morgan fingerprint density at radius 3 is 2.75 bits per heavy atom. The van der Waals surface area contributed by atoms with Gasteiger partial charge in [-0.1, -0.05) is 20.3 Å². The van der Waals surface area contributed by atoms with Crippen molar-refractivity contribution in [2.75, 3.05) is 32.4 Å². The molecule has 4 atom stereocenters. The summed E-state index contributed by atoms with van der Waals surface area (Å²) in [5.41, 5.74) is 0. The Morgan fingerprint density at radius 2 is 2.19 bits per heavy atom. The van der Waals surface area contributed by atoms with Crippen molar-refractivity contribution in [3.8, 4) is 0 Å². The van der Waals surface area contributed by atoms with Crippen molar-refractivity contribution >= 4 is 10.8 Å². The molecule has 4 heteroatoms. The Labute approximate surface area is 102 Å². The van der Waals surface area contributed by atoms with Crippen LogP contribution in [0.4, 0.5) is 0 Å². The van der Waals surface area contributed by atoms with Gasteiger partial charge in [0.05, 0.1) is 0 Å². The molecular weight excluding hydrogens is 220 g/mol. The van der Waals surface area contributed by atoms with E-state index in [0.717, 1.165) is 32.1 Å². The van der Waals surface area contributed by atoms with Gasteiger partial charge in [-0.25, -0.2) is 0 Å². The minimum absolute atomic E-state index is 0.288. The van der Waals surface area contributed by atoms with Gasteiger partial charge in [0.2, 0.25) is 0 Å². The van der Waals surface area contributed by atoms with Crippen LogP contribution in [0.2, 0.25) is 0 Å². The quantitative estimate of drug-likeness (QED) is 0.788. The van der Waals surface area contributed by atoms with Gasteiger partial charge in [-0.05, 0) is 12.8 Å². The average Bonchev–Trinajstić information content (AvgIpc) is 2.28. The van der Waals surface area contributed by atoms with Gasteiger partial charge in [-0.2, -0.15) is 0 Å². The van der Waals surface area contributed by atoms with Gasteiger partial charge in [-0.3, -0.25) is 9.11 Å². The third-order valence-electron chi connectivity index (χ3n) is 3.70. The highest BCUT2D eigenvalue weighted by Crippen LogP contribution is 2.12. The van der Waals surface area contributed by atoms with Crippen LogP contribution in [0, 0.1) is 5.92 Å². The van der Waals surface area contributed by atoms with Crippen molar-refractivity contribution in [2.24, 2.45) is 5.92 Å². The maximum atomic E-state index is 11.4. The summed E-state index contributed by atoms with van der Waals surface area (Å²) < 4.78 is 11.4. The molecule has 1 fully saturated rings. The molecule has 1 saturated heterocycles. The monoisotopic (exact) mass is 246 g/mol. The summed E-state index contributed by atoms with van der Waals surface area (Å²) in [6.45, 7) is 10.9. The highest BCUT2D eigenvalue weighted by atomic mass is 32.2. The molecule has 96 valence electrons. The van der Waals surface area contributed by atoms with Crippen LogP contribution >= 0.6 is 0 Å². The van der Waals surface area contributed by atoms with E-state index < -0.39 is 10.8 Å². The van der Waals surface area contributed by atoms with Gasteiger partial charge in [0.15, 0.2) is 0 Å². The molecule has 0 saturated carbocycles. The maximum Gasteiger partial charge on any atom is 0.0444 e.